The number of carbonyl (C=O) groups excluding carboxylic acids is 1. The topological polar surface area (TPSA) is 88.5 Å². The number of hydrogen-bond donors (Lipinski definition) is 2. The number of aromatic amines is 1. The highest BCUT2D eigenvalue weighted by Crippen LogP contribution is 2.24. The zero-order valence-corrected chi connectivity index (χ0v) is 16.9. The van der Waals surface area contributed by atoms with Gasteiger partial charge < -0.3 is 14.9 Å². The van der Waals surface area contributed by atoms with Gasteiger partial charge in [0, 0.05) is 30.8 Å². The Bertz CT molecular complexity index is 1090. The largest absolute Gasteiger partial charge is 0.352 e. The maximum Gasteiger partial charge on any atom is 0.251 e. The van der Waals surface area contributed by atoms with Gasteiger partial charge in [0.1, 0.15) is 12.2 Å². The third-order valence-corrected chi connectivity index (χ3v) is 5.59. The minimum atomic E-state index is -0.0756. The first kappa shape index (κ1) is 19.2. The SMILES string of the molecule is CCn1cnnc1CCNC(=O)c1ccccc1CSc1nc2ccccc2[nH]1. The summed E-state index contributed by atoms with van der Waals surface area (Å²) in [5.74, 6) is 1.46. The number of benzene rings is 2. The zero-order chi connectivity index (χ0) is 20.1. The Morgan fingerprint density at radius 2 is 2.00 bits per heavy atom. The van der Waals surface area contributed by atoms with E-state index in [1.165, 1.54) is 0 Å². The molecule has 0 fully saturated rings. The smallest absolute Gasteiger partial charge is 0.251 e. The summed E-state index contributed by atoms with van der Waals surface area (Å²) in [5.41, 5.74) is 3.63. The summed E-state index contributed by atoms with van der Waals surface area (Å²) in [6.45, 7) is 3.38. The van der Waals surface area contributed by atoms with Gasteiger partial charge in [0.2, 0.25) is 0 Å². The molecule has 148 valence electrons. The molecule has 0 unspecified atom stereocenters. The lowest BCUT2D eigenvalue weighted by molar-refractivity contribution is 0.0953. The van der Waals surface area contributed by atoms with Gasteiger partial charge in [0.15, 0.2) is 5.16 Å². The highest BCUT2D eigenvalue weighted by Gasteiger charge is 2.12. The van der Waals surface area contributed by atoms with Crippen LogP contribution < -0.4 is 5.32 Å². The first-order valence-corrected chi connectivity index (χ1v) is 10.5. The van der Waals surface area contributed by atoms with E-state index in [2.05, 4.69) is 25.5 Å². The van der Waals surface area contributed by atoms with Crippen LogP contribution in [0, 0.1) is 0 Å². The number of hydrogen-bond acceptors (Lipinski definition) is 5. The number of para-hydroxylation sites is 2. The molecule has 0 aliphatic heterocycles. The monoisotopic (exact) mass is 406 g/mol. The van der Waals surface area contributed by atoms with E-state index in [4.69, 9.17) is 0 Å². The Morgan fingerprint density at radius 1 is 1.17 bits per heavy atom. The molecule has 4 aromatic rings. The van der Waals surface area contributed by atoms with Crippen molar-refractivity contribution in [2.45, 2.75) is 30.8 Å². The number of imidazole rings is 1. The molecule has 2 heterocycles. The Hall–Kier alpha value is -3.13. The number of nitrogens with one attached hydrogen (secondary N) is 2. The Balaban J connectivity index is 1.38. The number of thioether (sulfide) groups is 1. The molecular weight excluding hydrogens is 384 g/mol. The third-order valence-electron chi connectivity index (χ3n) is 4.66. The molecule has 2 aromatic heterocycles. The van der Waals surface area contributed by atoms with Gasteiger partial charge in [-0.15, -0.1) is 10.2 Å². The third kappa shape index (κ3) is 4.48. The summed E-state index contributed by atoms with van der Waals surface area (Å²) < 4.78 is 1.98. The van der Waals surface area contributed by atoms with Crippen molar-refractivity contribution < 1.29 is 4.79 Å². The molecular formula is C21H22N6OS. The second-order valence-electron chi connectivity index (χ2n) is 6.54. The summed E-state index contributed by atoms with van der Waals surface area (Å²) >= 11 is 1.59. The number of amides is 1. The van der Waals surface area contributed by atoms with Gasteiger partial charge in [0.25, 0.3) is 5.91 Å². The van der Waals surface area contributed by atoms with Gasteiger partial charge in [0.05, 0.1) is 11.0 Å². The van der Waals surface area contributed by atoms with Crippen LogP contribution in [0.5, 0.6) is 0 Å². The van der Waals surface area contributed by atoms with E-state index in [0.29, 0.717) is 24.3 Å². The van der Waals surface area contributed by atoms with Gasteiger partial charge in [-0.2, -0.15) is 0 Å². The van der Waals surface area contributed by atoms with E-state index >= 15 is 0 Å². The highest BCUT2D eigenvalue weighted by atomic mass is 32.2. The van der Waals surface area contributed by atoms with Crippen LogP contribution in [0.4, 0.5) is 0 Å². The fourth-order valence-corrected chi connectivity index (χ4v) is 4.02. The maximum absolute atomic E-state index is 12.7. The van der Waals surface area contributed by atoms with Crippen LogP contribution in [0.2, 0.25) is 0 Å². The van der Waals surface area contributed by atoms with Crippen molar-refractivity contribution in [3.8, 4) is 0 Å². The predicted octanol–water partition coefficient (Wildman–Crippen LogP) is 3.44. The van der Waals surface area contributed by atoms with Gasteiger partial charge in [-0.3, -0.25) is 4.79 Å². The van der Waals surface area contributed by atoms with Crippen molar-refractivity contribution in [2.75, 3.05) is 6.54 Å². The number of nitrogens with zero attached hydrogens (tertiary/aromatic N) is 4. The lowest BCUT2D eigenvalue weighted by atomic mass is 10.1. The number of fused-ring (bicyclic) bond motifs is 1. The average molecular weight is 407 g/mol. The van der Waals surface area contributed by atoms with Gasteiger partial charge in [-0.25, -0.2) is 4.98 Å². The molecule has 0 aliphatic rings. The first-order valence-electron chi connectivity index (χ1n) is 9.55. The highest BCUT2D eigenvalue weighted by molar-refractivity contribution is 7.98. The van der Waals surface area contributed by atoms with Crippen LogP contribution in [0.15, 0.2) is 60.0 Å². The predicted molar refractivity (Wildman–Crippen MR) is 114 cm³/mol. The van der Waals surface area contributed by atoms with Crippen LogP contribution in [0.25, 0.3) is 11.0 Å². The average Bonchev–Trinajstić information content (AvgIpc) is 3.38. The molecule has 2 aromatic carbocycles. The second-order valence-corrected chi connectivity index (χ2v) is 7.51. The molecule has 0 saturated heterocycles. The molecule has 8 heteroatoms. The van der Waals surface area contributed by atoms with Crippen LogP contribution >= 0.6 is 11.8 Å². The number of H-pyrrole nitrogens is 1. The number of aromatic nitrogens is 5. The van der Waals surface area contributed by atoms with Crippen LogP contribution in [-0.4, -0.2) is 37.2 Å². The molecule has 1 amide bonds. The molecule has 0 aliphatic carbocycles. The van der Waals surface area contributed by atoms with E-state index < -0.39 is 0 Å². The number of aryl methyl sites for hydroxylation is 1. The second kappa shape index (κ2) is 8.91. The summed E-state index contributed by atoms with van der Waals surface area (Å²) in [4.78, 5) is 20.6. The molecule has 2 N–H and O–H groups in total. The summed E-state index contributed by atoms with van der Waals surface area (Å²) in [6.07, 6.45) is 2.36. The van der Waals surface area contributed by atoms with Gasteiger partial charge >= 0.3 is 0 Å². The van der Waals surface area contributed by atoms with Crippen molar-refractivity contribution >= 4 is 28.7 Å². The quantitative estimate of drug-likeness (QED) is 0.438. The van der Waals surface area contributed by atoms with E-state index in [0.717, 1.165) is 34.1 Å². The number of carbonyl (C=O) groups is 1. The van der Waals surface area contributed by atoms with Crippen molar-refractivity contribution in [1.29, 1.82) is 0 Å². The van der Waals surface area contributed by atoms with Gasteiger partial charge in [-0.1, -0.05) is 42.1 Å². The van der Waals surface area contributed by atoms with E-state index in [1.54, 1.807) is 18.1 Å². The van der Waals surface area contributed by atoms with Crippen molar-refractivity contribution in [1.82, 2.24) is 30.0 Å². The minimum absolute atomic E-state index is 0.0756. The van der Waals surface area contributed by atoms with Crippen molar-refractivity contribution in [2.24, 2.45) is 0 Å². The maximum atomic E-state index is 12.7. The molecule has 0 spiro atoms. The normalized spacial score (nSPS) is 11.1. The minimum Gasteiger partial charge on any atom is -0.352 e. The standard InChI is InChI=1S/C21H22N6OS/c1-2-27-14-23-26-19(27)11-12-22-20(28)16-8-4-3-7-15(16)13-29-21-24-17-9-5-6-10-18(17)25-21/h3-10,14H,2,11-13H2,1H3,(H,22,28)(H,24,25). The summed E-state index contributed by atoms with van der Waals surface area (Å²) in [5, 5.41) is 11.9. The van der Waals surface area contributed by atoms with E-state index in [-0.39, 0.29) is 5.91 Å². The Labute approximate surface area is 173 Å². The van der Waals surface area contributed by atoms with E-state index in [9.17, 15) is 4.79 Å². The van der Waals surface area contributed by atoms with Crippen molar-refractivity contribution in [3.63, 3.8) is 0 Å². The van der Waals surface area contributed by atoms with Crippen LogP contribution in [0.3, 0.4) is 0 Å². The lowest BCUT2D eigenvalue weighted by Crippen LogP contribution is -2.27. The lowest BCUT2D eigenvalue weighted by Gasteiger charge is -2.10. The molecule has 0 saturated carbocycles. The fourth-order valence-electron chi connectivity index (χ4n) is 3.13. The van der Waals surface area contributed by atoms with Crippen LogP contribution in [0.1, 0.15) is 28.7 Å². The summed E-state index contributed by atoms with van der Waals surface area (Å²) in [7, 11) is 0. The molecule has 0 bridgehead atoms. The first-order chi connectivity index (χ1) is 14.2. The molecule has 29 heavy (non-hydrogen) atoms. The van der Waals surface area contributed by atoms with Gasteiger partial charge in [-0.05, 0) is 30.7 Å². The zero-order valence-electron chi connectivity index (χ0n) is 16.1. The van der Waals surface area contributed by atoms with E-state index in [1.807, 2.05) is 60.0 Å². The molecule has 4 rings (SSSR count). The summed E-state index contributed by atoms with van der Waals surface area (Å²) in [6, 6.07) is 15.6. The molecule has 0 radical (unpaired) electrons. The van der Waals surface area contributed by atoms with Crippen molar-refractivity contribution in [3.05, 3.63) is 71.8 Å². The Kier molecular flexibility index (Phi) is 5.90. The Morgan fingerprint density at radius 3 is 2.86 bits per heavy atom. The van der Waals surface area contributed by atoms with Crippen LogP contribution in [-0.2, 0) is 18.7 Å². The number of rotatable bonds is 8. The molecule has 0 atom stereocenters. The fraction of sp³-hybridized carbons (Fsp3) is 0.238. The molecule has 7 nitrogen and oxygen atoms in total.